The summed E-state index contributed by atoms with van der Waals surface area (Å²) in [6.07, 6.45) is 2.13. The highest BCUT2D eigenvalue weighted by Gasteiger charge is 2.31. The molecule has 0 saturated heterocycles. The standard InChI is InChI=1S/C18H13BrOS/c19-15-6-5-12-9-14(4-3-13(12)10-15)16-7-8-17(21-16)18(20)11-1-2-11/h3-11H,1-2H2. The van der Waals surface area contributed by atoms with Crippen molar-refractivity contribution in [3.8, 4) is 10.4 Å². The van der Waals surface area contributed by atoms with Crippen LogP contribution in [0.15, 0.2) is 53.0 Å². The Morgan fingerprint density at radius 1 is 1.00 bits per heavy atom. The highest BCUT2D eigenvalue weighted by molar-refractivity contribution is 9.10. The SMILES string of the molecule is O=C(c1ccc(-c2ccc3cc(Br)ccc3c2)s1)C1CC1. The Morgan fingerprint density at radius 2 is 1.76 bits per heavy atom. The van der Waals surface area contributed by atoms with Gasteiger partial charge in [0.25, 0.3) is 0 Å². The predicted octanol–water partition coefficient (Wildman–Crippen LogP) is 5.92. The van der Waals surface area contributed by atoms with Gasteiger partial charge in [-0.2, -0.15) is 0 Å². The number of benzene rings is 2. The average molecular weight is 357 g/mol. The van der Waals surface area contributed by atoms with Crippen LogP contribution in [-0.4, -0.2) is 5.78 Å². The Bertz CT molecular complexity index is 845. The van der Waals surface area contributed by atoms with Crippen LogP contribution in [0.2, 0.25) is 0 Å². The molecule has 1 nitrogen and oxygen atoms in total. The maximum absolute atomic E-state index is 12.1. The van der Waals surface area contributed by atoms with Gasteiger partial charge in [0, 0.05) is 15.3 Å². The largest absolute Gasteiger partial charge is 0.293 e. The number of Topliss-reactive ketones (excluding diaryl/α,β-unsaturated/α-hetero) is 1. The molecule has 0 aliphatic heterocycles. The third-order valence-electron chi connectivity index (χ3n) is 3.88. The van der Waals surface area contributed by atoms with Gasteiger partial charge in [0.05, 0.1) is 4.88 Å². The maximum Gasteiger partial charge on any atom is 0.175 e. The predicted molar refractivity (Wildman–Crippen MR) is 92.0 cm³/mol. The summed E-state index contributed by atoms with van der Waals surface area (Å²) < 4.78 is 1.09. The summed E-state index contributed by atoms with van der Waals surface area (Å²) in [5.74, 6) is 0.626. The van der Waals surface area contributed by atoms with Crippen molar-refractivity contribution in [1.29, 1.82) is 0 Å². The first kappa shape index (κ1) is 13.2. The van der Waals surface area contributed by atoms with Gasteiger partial charge in [0.15, 0.2) is 5.78 Å². The first-order chi connectivity index (χ1) is 10.2. The number of carbonyl (C=O) groups excluding carboxylic acids is 1. The number of carbonyl (C=O) groups is 1. The molecule has 1 saturated carbocycles. The van der Waals surface area contributed by atoms with Gasteiger partial charge in [-0.1, -0.05) is 34.1 Å². The molecule has 104 valence electrons. The lowest BCUT2D eigenvalue weighted by molar-refractivity contribution is 0.0971. The zero-order valence-corrected chi connectivity index (χ0v) is 13.7. The van der Waals surface area contributed by atoms with Crippen LogP contribution in [0, 0.1) is 5.92 Å². The van der Waals surface area contributed by atoms with Crippen LogP contribution in [0.1, 0.15) is 22.5 Å². The monoisotopic (exact) mass is 356 g/mol. The lowest BCUT2D eigenvalue weighted by atomic mass is 10.1. The number of thiophene rings is 1. The summed E-state index contributed by atoms with van der Waals surface area (Å²) >= 11 is 5.11. The fraction of sp³-hybridized carbons (Fsp3) is 0.167. The van der Waals surface area contributed by atoms with Crippen molar-refractivity contribution in [1.82, 2.24) is 0 Å². The van der Waals surface area contributed by atoms with Crippen molar-refractivity contribution in [2.75, 3.05) is 0 Å². The molecule has 4 rings (SSSR count). The van der Waals surface area contributed by atoms with Crippen LogP contribution >= 0.6 is 27.3 Å². The maximum atomic E-state index is 12.1. The smallest absolute Gasteiger partial charge is 0.175 e. The molecule has 0 amide bonds. The normalized spacial score (nSPS) is 14.5. The van der Waals surface area contributed by atoms with Gasteiger partial charge in [-0.25, -0.2) is 0 Å². The lowest BCUT2D eigenvalue weighted by Crippen LogP contribution is -1.96. The fourth-order valence-electron chi connectivity index (χ4n) is 2.54. The van der Waals surface area contributed by atoms with Crippen LogP contribution in [-0.2, 0) is 0 Å². The number of hydrogen-bond donors (Lipinski definition) is 0. The third-order valence-corrected chi connectivity index (χ3v) is 5.53. The number of hydrogen-bond acceptors (Lipinski definition) is 2. The van der Waals surface area contributed by atoms with E-state index in [1.165, 1.54) is 21.2 Å². The van der Waals surface area contributed by atoms with Crippen LogP contribution in [0.5, 0.6) is 0 Å². The van der Waals surface area contributed by atoms with E-state index >= 15 is 0 Å². The van der Waals surface area contributed by atoms with Crippen LogP contribution in [0.4, 0.5) is 0 Å². The number of halogens is 1. The zero-order chi connectivity index (χ0) is 14.4. The molecule has 0 atom stereocenters. The number of fused-ring (bicyclic) bond motifs is 1. The van der Waals surface area contributed by atoms with Gasteiger partial charge in [-0.3, -0.25) is 4.79 Å². The minimum absolute atomic E-state index is 0.297. The summed E-state index contributed by atoms with van der Waals surface area (Å²) in [7, 11) is 0. The summed E-state index contributed by atoms with van der Waals surface area (Å²) in [5.41, 5.74) is 1.18. The molecule has 0 unspecified atom stereocenters. The topological polar surface area (TPSA) is 17.1 Å². The van der Waals surface area contributed by atoms with E-state index in [0.29, 0.717) is 11.7 Å². The first-order valence-corrected chi connectivity index (χ1v) is 8.65. The third kappa shape index (κ3) is 2.56. The Balaban J connectivity index is 1.72. The van der Waals surface area contributed by atoms with E-state index in [1.807, 2.05) is 6.07 Å². The highest BCUT2D eigenvalue weighted by atomic mass is 79.9. The molecule has 0 N–H and O–H groups in total. The fourth-order valence-corrected chi connectivity index (χ4v) is 3.94. The van der Waals surface area contributed by atoms with Crippen molar-refractivity contribution < 1.29 is 4.79 Å². The molecule has 0 radical (unpaired) electrons. The summed E-state index contributed by atoms with van der Waals surface area (Å²) in [6, 6.07) is 16.8. The molecule has 0 bridgehead atoms. The van der Waals surface area contributed by atoms with E-state index in [1.54, 1.807) is 11.3 Å². The molecule has 2 aromatic carbocycles. The van der Waals surface area contributed by atoms with Gasteiger partial charge in [-0.15, -0.1) is 11.3 Å². The lowest BCUT2D eigenvalue weighted by Gasteiger charge is -2.02. The number of rotatable bonds is 3. The molecule has 1 aliphatic rings. The molecule has 0 spiro atoms. The van der Waals surface area contributed by atoms with Crippen molar-refractivity contribution in [2.45, 2.75) is 12.8 Å². The van der Waals surface area contributed by atoms with Crippen LogP contribution in [0.3, 0.4) is 0 Å². The molecule has 1 aliphatic carbocycles. The molecule has 1 aromatic heterocycles. The summed E-state index contributed by atoms with van der Waals surface area (Å²) in [5, 5.41) is 2.44. The van der Waals surface area contributed by atoms with Gasteiger partial charge in [0.1, 0.15) is 0 Å². The zero-order valence-electron chi connectivity index (χ0n) is 11.3. The molecule has 3 heteroatoms. The Hall–Kier alpha value is -1.45. The van der Waals surface area contributed by atoms with Crippen molar-refractivity contribution >= 4 is 43.8 Å². The minimum Gasteiger partial charge on any atom is -0.293 e. The van der Waals surface area contributed by atoms with Gasteiger partial charge >= 0.3 is 0 Å². The highest BCUT2D eigenvalue weighted by Crippen LogP contribution is 2.37. The Morgan fingerprint density at radius 3 is 2.57 bits per heavy atom. The Kier molecular flexibility index (Phi) is 3.20. The Labute approximate surface area is 135 Å². The quantitative estimate of drug-likeness (QED) is 0.532. The van der Waals surface area contributed by atoms with Crippen LogP contribution in [0.25, 0.3) is 21.2 Å². The van der Waals surface area contributed by atoms with Gasteiger partial charge < -0.3 is 0 Å². The van der Waals surface area contributed by atoms with Crippen molar-refractivity contribution in [2.24, 2.45) is 5.92 Å². The van der Waals surface area contributed by atoms with Crippen molar-refractivity contribution in [3.63, 3.8) is 0 Å². The van der Waals surface area contributed by atoms with Gasteiger partial charge in [0.2, 0.25) is 0 Å². The summed E-state index contributed by atoms with van der Waals surface area (Å²) in [6.45, 7) is 0. The molecular weight excluding hydrogens is 344 g/mol. The van der Waals surface area contributed by atoms with E-state index in [9.17, 15) is 4.79 Å². The van der Waals surface area contributed by atoms with E-state index in [-0.39, 0.29) is 0 Å². The van der Waals surface area contributed by atoms with E-state index in [4.69, 9.17) is 0 Å². The average Bonchev–Trinajstić information content (AvgIpc) is 3.23. The summed E-state index contributed by atoms with van der Waals surface area (Å²) in [4.78, 5) is 14.2. The van der Waals surface area contributed by atoms with E-state index in [0.717, 1.165) is 22.2 Å². The second kappa shape index (κ2) is 5.08. The molecule has 1 heterocycles. The van der Waals surface area contributed by atoms with E-state index < -0.39 is 0 Å². The van der Waals surface area contributed by atoms with Gasteiger partial charge in [-0.05, 0) is 59.5 Å². The van der Waals surface area contributed by atoms with Crippen LogP contribution < -0.4 is 0 Å². The second-order valence-corrected chi connectivity index (χ2v) is 7.51. The molecule has 1 fully saturated rings. The van der Waals surface area contributed by atoms with Crippen molar-refractivity contribution in [3.05, 3.63) is 57.9 Å². The first-order valence-electron chi connectivity index (χ1n) is 7.04. The molecular formula is C18H13BrOS. The van der Waals surface area contributed by atoms with E-state index in [2.05, 4.69) is 58.4 Å². The second-order valence-electron chi connectivity index (χ2n) is 5.51. The molecule has 21 heavy (non-hydrogen) atoms. The minimum atomic E-state index is 0.297. The molecule has 3 aromatic rings. The number of ketones is 1.